The molecule has 0 aromatic rings. The summed E-state index contributed by atoms with van der Waals surface area (Å²) in [5.74, 6) is 1.99. The minimum absolute atomic E-state index is 0.550. The standard InChI is InChI=1S/C16H22/c1-13(4-5-13)15(8-9-15)16(10-11-16)14(6-7-14)12-2-3-12/h1-11H2. The zero-order valence-corrected chi connectivity index (χ0v) is 10.3. The molecule has 5 fully saturated rings. The van der Waals surface area contributed by atoms with Crippen molar-refractivity contribution < 1.29 is 0 Å². The lowest BCUT2D eigenvalue weighted by atomic mass is 9.64. The van der Waals surface area contributed by atoms with Gasteiger partial charge >= 0.3 is 0 Å². The van der Waals surface area contributed by atoms with Gasteiger partial charge in [0.2, 0.25) is 0 Å². The molecule has 0 atom stereocenters. The molecular formula is C16H22. The summed E-state index contributed by atoms with van der Waals surface area (Å²) < 4.78 is 0. The Morgan fingerprint density at radius 1 is 0.688 bits per heavy atom. The van der Waals surface area contributed by atoms with Crippen LogP contribution in [0.4, 0.5) is 0 Å². The van der Waals surface area contributed by atoms with Crippen LogP contribution in [-0.4, -0.2) is 0 Å². The lowest BCUT2D eigenvalue weighted by Crippen LogP contribution is -2.34. The molecule has 5 aliphatic rings. The van der Waals surface area contributed by atoms with Crippen LogP contribution in [-0.2, 0) is 0 Å². The van der Waals surface area contributed by atoms with Crippen LogP contribution in [0.3, 0.4) is 0 Å². The molecule has 0 aromatic carbocycles. The van der Waals surface area contributed by atoms with Crippen molar-refractivity contribution in [1.29, 1.82) is 0 Å². The Balaban J connectivity index is 1.57. The van der Waals surface area contributed by atoms with Crippen LogP contribution >= 0.6 is 0 Å². The van der Waals surface area contributed by atoms with Crippen LogP contribution in [0.15, 0.2) is 0 Å². The lowest BCUT2D eigenvalue weighted by Gasteiger charge is -2.39. The maximum absolute atomic E-state index is 4.63. The van der Waals surface area contributed by atoms with Gasteiger partial charge in [0.15, 0.2) is 0 Å². The molecule has 5 aliphatic carbocycles. The molecule has 0 amide bonds. The number of hydrogen-bond acceptors (Lipinski definition) is 0. The van der Waals surface area contributed by atoms with Crippen molar-refractivity contribution in [3.63, 3.8) is 0 Å². The van der Waals surface area contributed by atoms with Gasteiger partial charge in [-0.2, -0.15) is 0 Å². The quantitative estimate of drug-likeness (QED) is 0.654. The molecular weight excluding hydrogens is 192 g/mol. The minimum atomic E-state index is 0.550. The highest BCUT2D eigenvalue weighted by atomic mass is 14.9. The Morgan fingerprint density at radius 3 is 1.56 bits per heavy atom. The molecule has 0 aliphatic heterocycles. The van der Waals surface area contributed by atoms with E-state index in [0.29, 0.717) is 5.41 Å². The van der Waals surface area contributed by atoms with E-state index in [0.717, 1.165) is 16.2 Å². The van der Waals surface area contributed by atoms with Crippen molar-refractivity contribution in [2.75, 3.05) is 0 Å². The Bertz CT molecular complexity index is 357. The average molecular weight is 214 g/mol. The zero-order valence-electron chi connectivity index (χ0n) is 10.3. The molecule has 5 saturated carbocycles. The summed E-state index contributed by atoms with van der Waals surface area (Å²) in [5, 5.41) is 0. The molecule has 0 spiro atoms. The zero-order chi connectivity index (χ0) is 10.6. The molecule has 86 valence electrons. The van der Waals surface area contributed by atoms with Gasteiger partial charge in [0.05, 0.1) is 0 Å². The van der Waals surface area contributed by atoms with Gasteiger partial charge < -0.3 is 0 Å². The van der Waals surface area contributed by atoms with Gasteiger partial charge in [0.25, 0.3) is 0 Å². The maximum atomic E-state index is 4.63. The van der Waals surface area contributed by atoms with Crippen molar-refractivity contribution in [3.8, 4) is 0 Å². The van der Waals surface area contributed by atoms with E-state index in [9.17, 15) is 0 Å². The van der Waals surface area contributed by atoms with E-state index >= 15 is 0 Å². The fourth-order valence-corrected chi connectivity index (χ4v) is 5.65. The monoisotopic (exact) mass is 214 g/mol. The molecule has 0 saturated heterocycles. The first-order valence-corrected chi connectivity index (χ1v) is 7.39. The Morgan fingerprint density at radius 2 is 1.25 bits per heavy atom. The number of rotatable bonds is 4. The van der Waals surface area contributed by atoms with Crippen molar-refractivity contribution in [3.05, 3.63) is 12.8 Å². The van der Waals surface area contributed by atoms with Gasteiger partial charge in [0, 0.05) is 0 Å². The summed E-state index contributed by atoms with van der Waals surface area (Å²) in [5.41, 5.74) is 2.88. The average Bonchev–Trinajstić information content (AvgIpc) is 3.08. The van der Waals surface area contributed by atoms with Gasteiger partial charge in [0.1, 0.15) is 0 Å². The van der Waals surface area contributed by atoms with Crippen LogP contribution in [0.25, 0.3) is 0 Å². The first-order valence-electron chi connectivity index (χ1n) is 7.39. The third-order valence-electron chi connectivity index (χ3n) is 7.13. The third kappa shape index (κ3) is 0.754. The first kappa shape index (κ1) is 9.00. The third-order valence-corrected chi connectivity index (χ3v) is 7.13. The van der Waals surface area contributed by atoms with Crippen molar-refractivity contribution in [2.24, 2.45) is 21.7 Å². The lowest BCUT2D eigenvalue weighted by molar-refractivity contribution is 0.115. The largest absolute Gasteiger partial charge is 0.0465 e. The Labute approximate surface area is 99.2 Å². The summed E-state index contributed by atoms with van der Waals surface area (Å²) in [7, 11) is 0. The molecule has 0 heteroatoms. The highest BCUT2D eigenvalue weighted by Crippen LogP contribution is 2.92. The second kappa shape index (κ2) is 2.15. The molecule has 0 aromatic heterocycles. The molecule has 0 N–H and O–H groups in total. The Hall–Kier alpha value is 0. The van der Waals surface area contributed by atoms with Crippen LogP contribution in [0.1, 0.15) is 64.2 Å². The predicted octanol–water partition coefficient (Wildman–Crippen LogP) is 4.31. The van der Waals surface area contributed by atoms with E-state index in [1.54, 1.807) is 25.7 Å². The predicted molar refractivity (Wildman–Crippen MR) is 64.5 cm³/mol. The molecule has 16 heavy (non-hydrogen) atoms. The van der Waals surface area contributed by atoms with E-state index in [1.165, 1.54) is 38.5 Å². The molecule has 0 bridgehead atoms. The highest BCUT2D eigenvalue weighted by Gasteiger charge is 2.83. The maximum Gasteiger partial charge on any atom is -0.0173 e. The molecule has 0 heterocycles. The van der Waals surface area contributed by atoms with E-state index in [-0.39, 0.29) is 0 Å². The normalized spacial score (nSPS) is 42.6. The van der Waals surface area contributed by atoms with Gasteiger partial charge in [-0.3, -0.25) is 0 Å². The summed E-state index contributed by atoms with van der Waals surface area (Å²) in [6.45, 7) is 4.63. The van der Waals surface area contributed by atoms with Crippen molar-refractivity contribution >= 4 is 0 Å². The molecule has 2 radical (unpaired) electrons. The van der Waals surface area contributed by atoms with E-state index in [4.69, 9.17) is 0 Å². The van der Waals surface area contributed by atoms with E-state index in [1.807, 2.05) is 5.92 Å². The van der Waals surface area contributed by atoms with Crippen LogP contribution in [0.5, 0.6) is 0 Å². The highest BCUT2D eigenvalue weighted by molar-refractivity contribution is 5.39. The Kier molecular flexibility index (Phi) is 1.21. The van der Waals surface area contributed by atoms with Crippen molar-refractivity contribution in [1.82, 2.24) is 0 Å². The fraction of sp³-hybridized carbons (Fsp3) is 0.875. The second-order valence-corrected chi connectivity index (χ2v) is 7.63. The molecule has 0 nitrogen and oxygen atoms in total. The fourth-order valence-electron chi connectivity index (χ4n) is 5.65. The smallest absolute Gasteiger partial charge is 0.0173 e. The van der Waals surface area contributed by atoms with E-state index < -0.39 is 0 Å². The van der Waals surface area contributed by atoms with Gasteiger partial charge in [-0.1, -0.05) is 0 Å². The van der Waals surface area contributed by atoms with E-state index in [2.05, 4.69) is 6.92 Å². The van der Waals surface area contributed by atoms with Crippen LogP contribution in [0.2, 0.25) is 0 Å². The summed E-state index contributed by atoms with van der Waals surface area (Å²) >= 11 is 0. The van der Waals surface area contributed by atoms with Gasteiger partial charge in [-0.15, -0.1) is 0 Å². The van der Waals surface area contributed by atoms with Crippen molar-refractivity contribution in [2.45, 2.75) is 64.2 Å². The molecule has 5 rings (SSSR count). The van der Waals surface area contributed by atoms with Crippen LogP contribution in [0, 0.1) is 34.5 Å². The van der Waals surface area contributed by atoms with Gasteiger partial charge in [-0.05, 0) is 98.7 Å². The van der Waals surface area contributed by atoms with Gasteiger partial charge in [-0.25, -0.2) is 0 Å². The molecule has 0 unspecified atom stereocenters. The van der Waals surface area contributed by atoms with Crippen LogP contribution < -0.4 is 0 Å². The minimum Gasteiger partial charge on any atom is -0.0465 e. The second-order valence-electron chi connectivity index (χ2n) is 7.63. The summed E-state index contributed by atoms with van der Waals surface area (Å²) in [4.78, 5) is 0. The topological polar surface area (TPSA) is 0 Å². The number of hydrogen-bond donors (Lipinski definition) is 0. The first-order chi connectivity index (χ1) is 7.68. The SMILES string of the molecule is [CH2]C1(C2(C3(C4([C]5CC5)CC4)CC3)CC2)CC1. The summed E-state index contributed by atoms with van der Waals surface area (Å²) in [6.07, 6.45) is 15.2. The summed E-state index contributed by atoms with van der Waals surface area (Å²) in [6, 6.07) is 0.